The van der Waals surface area contributed by atoms with Gasteiger partial charge in [0.1, 0.15) is 16.1 Å². The van der Waals surface area contributed by atoms with Gasteiger partial charge in [0.25, 0.3) is 10.1 Å². The number of nitrogens with zero attached hydrogens (tertiary/aromatic N) is 2. The first-order valence-electron chi connectivity index (χ1n) is 12.1. The van der Waals surface area contributed by atoms with E-state index in [0.717, 1.165) is 10.5 Å². The fourth-order valence-corrected chi connectivity index (χ4v) is 4.39. The molecule has 10 nitrogen and oxygen atoms in total. The van der Waals surface area contributed by atoms with Gasteiger partial charge in [0.2, 0.25) is 5.96 Å². The van der Waals surface area contributed by atoms with Crippen molar-refractivity contribution in [2.45, 2.75) is 78.0 Å². The molecule has 2 aromatic rings. The minimum Gasteiger partial charge on any atom is -0.443 e. The Kier molecular flexibility index (Phi) is 9.68. The van der Waals surface area contributed by atoms with Gasteiger partial charge in [-0.1, -0.05) is 42.0 Å². The Bertz CT molecular complexity index is 1290. The maximum absolute atomic E-state index is 12.9. The Morgan fingerprint density at radius 3 is 2.05 bits per heavy atom. The SMILES string of the molecule is CCOS(=O)(=O)c1ccc(C)cc1-c1ccc(CN(C(=O)OC(C)(C)C)C(N)=NC(=O)OC(C)(C)C)cc1. The lowest BCUT2D eigenvalue weighted by Gasteiger charge is -2.27. The van der Waals surface area contributed by atoms with Crippen molar-refractivity contribution in [1.82, 2.24) is 4.90 Å². The maximum Gasteiger partial charge on any atom is 0.437 e. The highest BCUT2D eigenvalue weighted by Crippen LogP contribution is 2.30. The highest BCUT2D eigenvalue weighted by atomic mass is 32.2. The molecule has 38 heavy (non-hydrogen) atoms. The summed E-state index contributed by atoms with van der Waals surface area (Å²) in [6, 6.07) is 11.9. The maximum atomic E-state index is 12.9. The monoisotopic (exact) mass is 547 g/mol. The summed E-state index contributed by atoms with van der Waals surface area (Å²) in [6.45, 7) is 13.6. The molecule has 0 saturated heterocycles. The molecule has 0 aromatic heterocycles. The normalized spacial score (nSPS) is 12.7. The summed E-state index contributed by atoms with van der Waals surface area (Å²) in [7, 11) is -3.95. The van der Waals surface area contributed by atoms with E-state index < -0.39 is 33.5 Å². The summed E-state index contributed by atoms with van der Waals surface area (Å²) < 4.78 is 40.9. The second kappa shape index (κ2) is 12.0. The van der Waals surface area contributed by atoms with Gasteiger partial charge in [-0.2, -0.15) is 8.42 Å². The summed E-state index contributed by atoms with van der Waals surface area (Å²) in [5.74, 6) is -0.388. The zero-order valence-electron chi connectivity index (χ0n) is 23.2. The summed E-state index contributed by atoms with van der Waals surface area (Å²) in [6.07, 6.45) is -1.74. The molecule has 2 rings (SSSR count). The fourth-order valence-electron chi connectivity index (χ4n) is 3.27. The van der Waals surface area contributed by atoms with Crippen molar-refractivity contribution in [3.63, 3.8) is 0 Å². The minimum absolute atomic E-state index is 0.0152. The molecule has 0 heterocycles. The van der Waals surface area contributed by atoms with Gasteiger partial charge in [0, 0.05) is 5.56 Å². The van der Waals surface area contributed by atoms with Crippen LogP contribution in [-0.4, -0.2) is 49.3 Å². The third-order valence-corrected chi connectivity index (χ3v) is 6.21. The van der Waals surface area contributed by atoms with Crippen molar-refractivity contribution in [3.8, 4) is 11.1 Å². The van der Waals surface area contributed by atoms with Gasteiger partial charge in [-0.3, -0.25) is 4.18 Å². The summed E-state index contributed by atoms with van der Waals surface area (Å²) in [5, 5.41) is 0. The topological polar surface area (TPSA) is 138 Å². The van der Waals surface area contributed by atoms with Crippen LogP contribution in [0.4, 0.5) is 9.59 Å². The lowest BCUT2D eigenvalue weighted by Crippen LogP contribution is -2.44. The molecule has 2 amide bonds. The van der Waals surface area contributed by atoms with Crippen LogP contribution < -0.4 is 5.73 Å². The zero-order chi connectivity index (χ0) is 28.9. The number of rotatable bonds is 6. The van der Waals surface area contributed by atoms with Crippen LogP contribution in [0.25, 0.3) is 11.1 Å². The molecule has 0 aliphatic rings. The molecule has 0 aliphatic heterocycles. The smallest absolute Gasteiger partial charge is 0.437 e. The van der Waals surface area contributed by atoms with E-state index in [1.807, 2.05) is 6.92 Å². The number of hydrogen-bond acceptors (Lipinski definition) is 7. The number of carbonyl (C=O) groups excluding carboxylic acids is 2. The van der Waals surface area contributed by atoms with Crippen LogP contribution in [0.1, 0.15) is 59.6 Å². The molecule has 0 unspecified atom stereocenters. The number of aliphatic imine (C=N–C) groups is 1. The van der Waals surface area contributed by atoms with Crippen LogP contribution in [0, 0.1) is 6.92 Å². The van der Waals surface area contributed by atoms with Crippen molar-refractivity contribution in [2.24, 2.45) is 10.7 Å². The Balaban J connectivity index is 2.42. The molecule has 0 spiro atoms. The minimum atomic E-state index is -3.95. The number of nitrogens with two attached hydrogens (primary N) is 1. The van der Waals surface area contributed by atoms with Crippen LogP contribution in [0.2, 0.25) is 0 Å². The van der Waals surface area contributed by atoms with Gasteiger partial charge < -0.3 is 15.2 Å². The van der Waals surface area contributed by atoms with Crippen molar-refractivity contribution in [1.29, 1.82) is 0 Å². The van der Waals surface area contributed by atoms with Crippen molar-refractivity contribution in [3.05, 3.63) is 53.6 Å². The van der Waals surface area contributed by atoms with Crippen molar-refractivity contribution in [2.75, 3.05) is 6.61 Å². The summed E-state index contributed by atoms with van der Waals surface area (Å²) in [5.41, 5.74) is 7.04. The molecule has 2 N–H and O–H groups in total. The van der Waals surface area contributed by atoms with Crippen molar-refractivity contribution >= 4 is 28.3 Å². The molecule has 11 heteroatoms. The Labute approximate surface area is 224 Å². The van der Waals surface area contributed by atoms with Gasteiger partial charge in [-0.05, 0) is 72.6 Å². The predicted molar refractivity (Wildman–Crippen MR) is 145 cm³/mol. The number of benzene rings is 2. The van der Waals surface area contributed by atoms with Crippen LogP contribution in [0.15, 0.2) is 52.4 Å². The lowest BCUT2D eigenvalue weighted by molar-refractivity contribution is 0.0356. The third kappa shape index (κ3) is 9.14. The van der Waals surface area contributed by atoms with Crippen LogP contribution in [0.5, 0.6) is 0 Å². The lowest BCUT2D eigenvalue weighted by atomic mass is 10.0. The van der Waals surface area contributed by atoms with Crippen LogP contribution in [-0.2, 0) is 30.3 Å². The molecule has 0 radical (unpaired) electrons. The van der Waals surface area contributed by atoms with E-state index in [1.165, 1.54) is 6.07 Å². The quantitative estimate of drug-likeness (QED) is 0.289. The Morgan fingerprint density at radius 2 is 1.53 bits per heavy atom. The number of amides is 2. The second-order valence-electron chi connectivity index (χ2n) is 10.6. The molecule has 0 bridgehead atoms. The van der Waals surface area contributed by atoms with Gasteiger partial charge >= 0.3 is 12.2 Å². The number of ether oxygens (including phenoxy) is 2. The fraction of sp³-hybridized carbons (Fsp3) is 0.444. The Morgan fingerprint density at radius 1 is 0.947 bits per heavy atom. The molecular weight excluding hydrogens is 510 g/mol. The second-order valence-corrected chi connectivity index (χ2v) is 12.2. The molecule has 0 aliphatic carbocycles. The molecule has 0 saturated carbocycles. The van der Waals surface area contributed by atoms with E-state index >= 15 is 0 Å². The number of guanidine groups is 1. The highest BCUT2D eigenvalue weighted by molar-refractivity contribution is 7.87. The van der Waals surface area contributed by atoms with Gasteiger partial charge in [-0.15, -0.1) is 4.99 Å². The van der Waals surface area contributed by atoms with E-state index in [0.29, 0.717) is 16.7 Å². The summed E-state index contributed by atoms with van der Waals surface area (Å²) in [4.78, 5) is 29.9. The van der Waals surface area contributed by atoms with E-state index in [9.17, 15) is 18.0 Å². The summed E-state index contributed by atoms with van der Waals surface area (Å²) >= 11 is 0. The van der Waals surface area contributed by atoms with Crippen LogP contribution in [0.3, 0.4) is 0 Å². The number of aryl methyl sites for hydroxylation is 1. The van der Waals surface area contributed by atoms with Gasteiger partial charge in [0.05, 0.1) is 13.2 Å². The van der Waals surface area contributed by atoms with E-state index in [-0.39, 0.29) is 24.0 Å². The predicted octanol–water partition coefficient (Wildman–Crippen LogP) is 5.37. The number of carbonyl (C=O) groups is 2. The average Bonchev–Trinajstić information content (AvgIpc) is 2.74. The van der Waals surface area contributed by atoms with E-state index in [1.54, 1.807) is 84.9 Å². The first-order valence-corrected chi connectivity index (χ1v) is 13.5. The Hall–Kier alpha value is -3.44. The molecule has 208 valence electrons. The van der Waals surface area contributed by atoms with Crippen LogP contribution >= 0.6 is 0 Å². The molecule has 0 fully saturated rings. The molecular formula is C27H37N3O7S. The first kappa shape index (κ1) is 30.8. The zero-order valence-corrected chi connectivity index (χ0v) is 24.0. The third-order valence-electron chi connectivity index (χ3n) is 4.77. The number of hydrogen-bond donors (Lipinski definition) is 1. The van der Waals surface area contributed by atoms with Gasteiger partial charge in [0.15, 0.2) is 0 Å². The average molecular weight is 548 g/mol. The molecule has 0 atom stereocenters. The van der Waals surface area contributed by atoms with E-state index in [2.05, 4.69) is 4.99 Å². The van der Waals surface area contributed by atoms with Gasteiger partial charge in [-0.25, -0.2) is 14.5 Å². The first-order chi connectivity index (χ1) is 17.4. The van der Waals surface area contributed by atoms with E-state index in [4.69, 9.17) is 19.4 Å². The van der Waals surface area contributed by atoms with Crippen molar-refractivity contribution < 1.29 is 31.7 Å². The standard InChI is InChI=1S/C27H37N3O7S/c1-9-35-38(33,34)22-15-10-18(2)16-21(22)20-13-11-19(12-14-20)17-30(25(32)37-27(6,7)8)23(28)29-24(31)36-26(3,4)5/h10-16H,9,17H2,1-8H3,(H2,28,29,31). The highest BCUT2D eigenvalue weighted by Gasteiger charge is 2.27. The largest absolute Gasteiger partial charge is 0.443 e. The molecule has 2 aromatic carbocycles.